The Labute approximate surface area is 116 Å². The summed E-state index contributed by atoms with van der Waals surface area (Å²) >= 11 is 0. The molecule has 3 N–H and O–H groups in total. The first kappa shape index (κ1) is 15.3. The fraction of sp³-hybridized carbons (Fsp3) is 0.533. The number of nitrogens with two attached hydrogens (primary N) is 1. The summed E-state index contributed by atoms with van der Waals surface area (Å²) in [5.74, 6) is -0.0848. The van der Waals surface area contributed by atoms with E-state index in [1.54, 1.807) is 12.1 Å². The van der Waals surface area contributed by atoms with Gasteiger partial charge in [-0.25, -0.2) is 0 Å². The van der Waals surface area contributed by atoms with E-state index in [1.807, 2.05) is 32.0 Å². The first-order valence-electron chi connectivity index (χ1n) is 6.50. The second-order valence-corrected chi connectivity index (χ2v) is 6.23. The van der Waals surface area contributed by atoms with Gasteiger partial charge in [0.05, 0.1) is 5.56 Å². The van der Waals surface area contributed by atoms with Crippen LogP contribution in [0.15, 0.2) is 18.2 Å². The highest BCUT2D eigenvalue weighted by molar-refractivity contribution is 6.00. The second-order valence-electron chi connectivity index (χ2n) is 6.23. The lowest BCUT2D eigenvalue weighted by Crippen LogP contribution is -2.41. The van der Waals surface area contributed by atoms with Crippen LogP contribution in [0.2, 0.25) is 0 Å². The van der Waals surface area contributed by atoms with Gasteiger partial charge in [0, 0.05) is 31.5 Å². The van der Waals surface area contributed by atoms with Crippen LogP contribution >= 0.6 is 0 Å². The molecule has 0 heterocycles. The summed E-state index contributed by atoms with van der Waals surface area (Å²) in [6.45, 7) is 8.32. The minimum absolute atomic E-state index is 0.0221. The maximum Gasteiger partial charge on any atom is 0.253 e. The van der Waals surface area contributed by atoms with Crippen molar-refractivity contribution in [2.24, 2.45) is 5.41 Å². The van der Waals surface area contributed by atoms with Crippen LogP contribution in [-0.2, 0) is 0 Å². The zero-order chi connectivity index (χ0) is 14.8. The topological polar surface area (TPSA) is 58.4 Å². The number of anilines is 2. The summed E-state index contributed by atoms with van der Waals surface area (Å²) in [7, 11) is 3.82. The SMILES string of the molecule is CC(NC(=O)c1cc(N)ccc1N(C)C)C(C)(C)C. The Morgan fingerprint density at radius 3 is 2.37 bits per heavy atom. The molecule has 0 bridgehead atoms. The third-order valence-corrected chi connectivity index (χ3v) is 3.39. The minimum atomic E-state index is -0.0848. The third-order valence-electron chi connectivity index (χ3n) is 3.39. The van der Waals surface area contributed by atoms with Gasteiger partial charge in [0.2, 0.25) is 0 Å². The van der Waals surface area contributed by atoms with Crippen molar-refractivity contribution in [2.45, 2.75) is 33.7 Å². The average molecular weight is 263 g/mol. The molecule has 4 nitrogen and oxygen atoms in total. The number of carbonyl (C=O) groups excluding carboxylic acids is 1. The summed E-state index contributed by atoms with van der Waals surface area (Å²) in [5.41, 5.74) is 7.88. The molecule has 1 rings (SSSR count). The van der Waals surface area contributed by atoms with Crippen LogP contribution in [0.5, 0.6) is 0 Å². The largest absolute Gasteiger partial charge is 0.399 e. The lowest BCUT2D eigenvalue weighted by Gasteiger charge is -2.28. The van der Waals surface area contributed by atoms with Gasteiger partial charge in [0.1, 0.15) is 0 Å². The lowest BCUT2D eigenvalue weighted by molar-refractivity contribution is 0.0910. The Hall–Kier alpha value is -1.71. The van der Waals surface area contributed by atoms with Crippen LogP contribution < -0.4 is 16.0 Å². The van der Waals surface area contributed by atoms with Gasteiger partial charge in [-0.1, -0.05) is 20.8 Å². The zero-order valence-electron chi connectivity index (χ0n) is 12.7. The molecule has 0 spiro atoms. The van der Waals surface area contributed by atoms with Crippen molar-refractivity contribution in [1.82, 2.24) is 5.32 Å². The number of nitrogens with zero attached hydrogens (tertiary/aromatic N) is 1. The van der Waals surface area contributed by atoms with Crippen molar-refractivity contribution in [3.63, 3.8) is 0 Å². The molecule has 0 aliphatic carbocycles. The van der Waals surface area contributed by atoms with Crippen LogP contribution in [0.25, 0.3) is 0 Å². The molecule has 4 heteroatoms. The molecule has 1 amide bonds. The van der Waals surface area contributed by atoms with E-state index in [4.69, 9.17) is 5.73 Å². The van der Waals surface area contributed by atoms with Gasteiger partial charge in [-0.15, -0.1) is 0 Å². The highest BCUT2D eigenvalue weighted by Crippen LogP contribution is 2.23. The number of amides is 1. The van der Waals surface area contributed by atoms with Gasteiger partial charge >= 0.3 is 0 Å². The number of benzene rings is 1. The Morgan fingerprint density at radius 2 is 1.89 bits per heavy atom. The Kier molecular flexibility index (Phi) is 4.45. The van der Waals surface area contributed by atoms with E-state index in [0.29, 0.717) is 11.3 Å². The van der Waals surface area contributed by atoms with Crippen molar-refractivity contribution in [3.05, 3.63) is 23.8 Å². The van der Waals surface area contributed by atoms with Crippen molar-refractivity contribution >= 4 is 17.3 Å². The van der Waals surface area contributed by atoms with E-state index in [1.165, 1.54) is 0 Å². The minimum Gasteiger partial charge on any atom is -0.399 e. The number of carbonyl (C=O) groups is 1. The third kappa shape index (κ3) is 3.88. The second kappa shape index (κ2) is 5.51. The highest BCUT2D eigenvalue weighted by atomic mass is 16.1. The molecule has 19 heavy (non-hydrogen) atoms. The highest BCUT2D eigenvalue weighted by Gasteiger charge is 2.23. The molecule has 0 aliphatic heterocycles. The Balaban J connectivity index is 3.02. The number of hydrogen-bond acceptors (Lipinski definition) is 3. The van der Waals surface area contributed by atoms with Crippen molar-refractivity contribution in [2.75, 3.05) is 24.7 Å². The summed E-state index contributed by atoms with van der Waals surface area (Å²) in [4.78, 5) is 14.3. The van der Waals surface area contributed by atoms with Crippen LogP contribution in [-0.4, -0.2) is 26.0 Å². The van der Waals surface area contributed by atoms with Gasteiger partial charge in [-0.05, 0) is 30.5 Å². The molecular weight excluding hydrogens is 238 g/mol. The summed E-state index contributed by atoms with van der Waals surface area (Å²) < 4.78 is 0. The van der Waals surface area contributed by atoms with Crippen LogP contribution in [0.4, 0.5) is 11.4 Å². The molecule has 0 aromatic heterocycles. The Morgan fingerprint density at radius 1 is 1.32 bits per heavy atom. The predicted octanol–water partition coefficient (Wildman–Crippen LogP) is 2.50. The van der Waals surface area contributed by atoms with Crippen molar-refractivity contribution in [3.8, 4) is 0 Å². The number of rotatable bonds is 3. The first-order valence-corrected chi connectivity index (χ1v) is 6.50. The zero-order valence-corrected chi connectivity index (χ0v) is 12.7. The molecule has 106 valence electrons. The predicted molar refractivity (Wildman–Crippen MR) is 81.6 cm³/mol. The van der Waals surface area contributed by atoms with E-state index in [2.05, 4.69) is 26.1 Å². The van der Waals surface area contributed by atoms with E-state index >= 15 is 0 Å². The van der Waals surface area contributed by atoms with E-state index in [9.17, 15) is 4.79 Å². The van der Waals surface area contributed by atoms with Crippen molar-refractivity contribution in [1.29, 1.82) is 0 Å². The number of hydrogen-bond donors (Lipinski definition) is 2. The molecular formula is C15H25N3O. The van der Waals surface area contributed by atoms with Crippen molar-refractivity contribution < 1.29 is 4.79 Å². The molecule has 1 aromatic carbocycles. The quantitative estimate of drug-likeness (QED) is 0.824. The normalized spacial score (nSPS) is 12.9. The summed E-state index contributed by atoms with van der Waals surface area (Å²) in [6, 6.07) is 5.47. The van der Waals surface area contributed by atoms with Crippen LogP contribution in [0.1, 0.15) is 38.1 Å². The molecule has 0 saturated heterocycles. The van der Waals surface area contributed by atoms with Gasteiger partial charge in [-0.2, -0.15) is 0 Å². The van der Waals surface area contributed by atoms with E-state index < -0.39 is 0 Å². The number of nitrogen functional groups attached to an aromatic ring is 1. The first-order chi connectivity index (χ1) is 8.62. The van der Waals surface area contributed by atoms with Gasteiger partial charge in [-0.3, -0.25) is 4.79 Å². The molecule has 0 radical (unpaired) electrons. The van der Waals surface area contributed by atoms with Gasteiger partial charge in [0.15, 0.2) is 0 Å². The lowest BCUT2D eigenvalue weighted by atomic mass is 9.88. The molecule has 0 saturated carbocycles. The van der Waals surface area contributed by atoms with E-state index in [-0.39, 0.29) is 17.4 Å². The van der Waals surface area contributed by atoms with Crippen LogP contribution in [0.3, 0.4) is 0 Å². The molecule has 1 unspecified atom stereocenters. The smallest absolute Gasteiger partial charge is 0.253 e. The standard InChI is InChI=1S/C15H25N3O/c1-10(15(2,3)4)17-14(19)12-9-11(16)7-8-13(12)18(5)6/h7-10H,16H2,1-6H3,(H,17,19). The fourth-order valence-corrected chi connectivity index (χ4v) is 1.62. The monoisotopic (exact) mass is 263 g/mol. The van der Waals surface area contributed by atoms with Gasteiger partial charge < -0.3 is 16.0 Å². The maximum absolute atomic E-state index is 12.4. The number of nitrogens with one attached hydrogen (secondary N) is 1. The molecule has 0 aliphatic rings. The average Bonchev–Trinajstić information content (AvgIpc) is 2.26. The summed E-state index contributed by atoms with van der Waals surface area (Å²) in [5, 5.41) is 3.04. The molecule has 1 aromatic rings. The van der Waals surface area contributed by atoms with E-state index in [0.717, 1.165) is 5.69 Å². The molecule has 0 fully saturated rings. The van der Waals surface area contributed by atoms with Gasteiger partial charge in [0.25, 0.3) is 5.91 Å². The fourth-order valence-electron chi connectivity index (χ4n) is 1.62. The Bertz CT molecular complexity index is 461. The van der Waals surface area contributed by atoms with Crippen LogP contribution in [0, 0.1) is 5.41 Å². The summed E-state index contributed by atoms with van der Waals surface area (Å²) in [6.07, 6.45) is 0. The maximum atomic E-state index is 12.4. The molecule has 1 atom stereocenters.